The molecule has 0 aliphatic rings. The summed E-state index contributed by atoms with van der Waals surface area (Å²) in [5, 5.41) is 29.7. The highest BCUT2D eigenvalue weighted by Crippen LogP contribution is 2.32. The molecule has 8 heteroatoms. The van der Waals surface area contributed by atoms with Crippen LogP contribution in [-0.4, -0.2) is 32.1 Å². The fraction of sp³-hybridized carbons (Fsp3) is 0.444. The van der Waals surface area contributed by atoms with E-state index in [1.165, 1.54) is 6.20 Å². The van der Waals surface area contributed by atoms with Gasteiger partial charge in [0.15, 0.2) is 0 Å². The molecule has 0 bridgehead atoms. The smallest absolute Gasteiger partial charge is 0.306 e. The minimum absolute atomic E-state index is 0.0125. The number of aliphatic hydroxyl groups excluding tert-OH is 2. The Hall–Kier alpha value is -0.950. The van der Waals surface area contributed by atoms with Gasteiger partial charge in [-0.3, -0.25) is 15.1 Å². The number of hydrogen-bond acceptors (Lipinski definition) is 5. The number of alkyl halides is 1. The summed E-state index contributed by atoms with van der Waals surface area (Å²) in [4.78, 5) is 13.5. The van der Waals surface area contributed by atoms with Crippen molar-refractivity contribution in [2.45, 2.75) is 18.6 Å². The highest BCUT2D eigenvalue weighted by atomic mass is 35.5. The maximum Gasteiger partial charge on any atom is 0.306 e. The number of aliphatic hydroxyl groups is 2. The van der Waals surface area contributed by atoms with E-state index < -0.39 is 22.8 Å². The van der Waals surface area contributed by atoms with Crippen molar-refractivity contribution in [1.29, 1.82) is 0 Å². The van der Waals surface area contributed by atoms with Crippen molar-refractivity contribution < 1.29 is 15.1 Å². The molecule has 1 heterocycles. The molecule has 17 heavy (non-hydrogen) atoms. The summed E-state index contributed by atoms with van der Waals surface area (Å²) in [7, 11) is 0. The third-order valence-electron chi connectivity index (χ3n) is 2.17. The standard InChI is InChI=1S/C9H10Cl2N2O4/c10-2-1-7(14)9(15)5-3-12-4-6(8(5)11)13(16)17/h3-4,7,9,14-15H,1-2H2. The number of halogens is 2. The van der Waals surface area contributed by atoms with Gasteiger partial charge in [-0.15, -0.1) is 11.6 Å². The van der Waals surface area contributed by atoms with Crippen molar-refractivity contribution in [3.05, 3.63) is 33.1 Å². The predicted molar refractivity (Wildman–Crippen MR) is 62.2 cm³/mol. The molecule has 0 spiro atoms. The van der Waals surface area contributed by atoms with Crippen molar-refractivity contribution in [1.82, 2.24) is 4.98 Å². The van der Waals surface area contributed by atoms with Crippen molar-refractivity contribution >= 4 is 28.9 Å². The van der Waals surface area contributed by atoms with Crippen LogP contribution in [0.15, 0.2) is 12.4 Å². The van der Waals surface area contributed by atoms with E-state index in [9.17, 15) is 20.3 Å². The molecular formula is C9H10Cl2N2O4. The number of rotatable bonds is 5. The lowest BCUT2D eigenvalue weighted by Crippen LogP contribution is -2.19. The fourth-order valence-corrected chi connectivity index (χ4v) is 1.76. The van der Waals surface area contributed by atoms with Gasteiger partial charge >= 0.3 is 5.69 Å². The number of nitrogens with zero attached hydrogens (tertiary/aromatic N) is 2. The highest BCUT2D eigenvalue weighted by molar-refractivity contribution is 6.33. The molecule has 0 amide bonds. The van der Waals surface area contributed by atoms with Crippen molar-refractivity contribution in [2.24, 2.45) is 0 Å². The summed E-state index contributed by atoms with van der Waals surface area (Å²) in [5.74, 6) is 0.151. The maximum atomic E-state index is 10.6. The van der Waals surface area contributed by atoms with E-state index in [2.05, 4.69) is 4.98 Å². The van der Waals surface area contributed by atoms with Crippen LogP contribution in [0, 0.1) is 10.1 Å². The van der Waals surface area contributed by atoms with Gasteiger partial charge in [-0.1, -0.05) is 11.6 Å². The molecule has 2 atom stereocenters. The van der Waals surface area contributed by atoms with E-state index in [0.29, 0.717) is 0 Å². The van der Waals surface area contributed by atoms with Crippen LogP contribution in [0.4, 0.5) is 5.69 Å². The van der Waals surface area contributed by atoms with Crippen molar-refractivity contribution in [2.75, 3.05) is 5.88 Å². The van der Waals surface area contributed by atoms with Crippen LogP contribution in [-0.2, 0) is 0 Å². The monoisotopic (exact) mass is 280 g/mol. The molecular weight excluding hydrogens is 271 g/mol. The minimum atomic E-state index is -1.35. The third-order valence-corrected chi connectivity index (χ3v) is 2.80. The van der Waals surface area contributed by atoms with Gasteiger partial charge in [0.05, 0.1) is 11.0 Å². The van der Waals surface area contributed by atoms with E-state index in [1.807, 2.05) is 0 Å². The van der Waals surface area contributed by atoms with Crippen LogP contribution in [0.5, 0.6) is 0 Å². The van der Waals surface area contributed by atoms with Gasteiger partial charge < -0.3 is 10.2 Å². The van der Waals surface area contributed by atoms with Gasteiger partial charge in [-0.25, -0.2) is 0 Å². The van der Waals surface area contributed by atoms with Crippen LogP contribution in [0.3, 0.4) is 0 Å². The molecule has 0 radical (unpaired) electrons. The molecule has 1 aromatic rings. The Kier molecular flexibility index (Phi) is 5.07. The normalized spacial score (nSPS) is 14.4. The van der Waals surface area contributed by atoms with Crippen molar-refractivity contribution in [3.8, 4) is 0 Å². The number of pyridine rings is 1. The Morgan fingerprint density at radius 2 is 2.12 bits per heavy atom. The predicted octanol–water partition coefficient (Wildman–Crippen LogP) is 1.67. The summed E-state index contributed by atoms with van der Waals surface area (Å²) < 4.78 is 0. The zero-order chi connectivity index (χ0) is 13.0. The van der Waals surface area contributed by atoms with Crippen LogP contribution in [0.2, 0.25) is 5.02 Å². The van der Waals surface area contributed by atoms with Gasteiger partial charge in [0.2, 0.25) is 0 Å². The Morgan fingerprint density at radius 3 is 2.65 bits per heavy atom. The molecule has 0 saturated heterocycles. The Balaban J connectivity index is 3.06. The lowest BCUT2D eigenvalue weighted by molar-refractivity contribution is -0.385. The fourth-order valence-electron chi connectivity index (χ4n) is 1.26. The summed E-state index contributed by atoms with van der Waals surface area (Å²) in [6.07, 6.45) is -0.200. The average molecular weight is 281 g/mol. The van der Waals surface area contributed by atoms with Gasteiger partial charge in [-0.2, -0.15) is 0 Å². The summed E-state index contributed by atoms with van der Waals surface area (Å²) in [5.41, 5.74) is -0.403. The van der Waals surface area contributed by atoms with E-state index in [4.69, 9.17) is 23.2 Å². The Bertz CT molecular complexity index is 416. The molecule has 1 aromatic heterocycles. The van der Waals surface area contributed by atoms with Crippen LogP contribution >= 0.6 is 23.2 Å². The Labute approximate surface area is 107 Å². The van der Waals surface area contributed by atoms with E-state index in [1.54, 1.807) is 0 Å². The molecule has 6 nitrogen and oxygen atoms in total. The SMILES string of the molecule is O=[N+]([O-])c1cncc(C(O)C(O)CCCl)c1Cl. The average Bonchev–Trinajstić information content (AvgIpc) is 2.28. The molecule has 0 aliphatic heterocycles. The second kappa shape index (κ2) is 6.11. The number of hydrogen-bond donors (Lipinski definition) is 2. The molecule has 2 unspecified atom stereocenters. The molecule has 0 aliphatic carbocycles. The van der Waals surface area contributed by atoms with E-state index in [0.717, 1.165) is 6.20 Å². The topological polar surface area (TPSA) is 96.5 Å². The first kappa shape index (κ1) is 14.1. The van der Waals surface area contributed by atoms with Gasteiger partial charge in [0.25, 0.3) is 0 Å². The molecule has 0 aromatic carbocycles. The lowest BCUT2D eigenvalue weighted by atomic mass is 10.0. The summed E-state index contributed by atoms with van der Waals surface area (Å²) in [6, 6.07) is 0. The van der Waals surface area contributed by atoms with E-state index >= 15 is 0 Å². The lowest BCUT2D eigenvalue weighted by Gasteiger charge is -2.17. The number of nitro groups is 1. The van der Waals surface area contributed by atoms with Crippen LogP contribution in [0.25, 0.3) is 0 Å². The first-order chi connectivity index (χ1) is 7.99. The van der Waals surface area contributed by atoms with Crippen LogP contribution in [0.1, 0.15) is 18.1 Å². The Morgan fingerprint density at radius 1 is 1.47 bits per heavy atom. The summed E-state index contributed by atoms with van der Waals surface area (Å²) >= 11 is 11.2. The van der Waals surface area contributed by atoms with E-state index in [-0.39, 0.29) is 22.9 Å². The maximum absolute atomic E-state index is 10.6. The molecule has 94 valence electrons. The second-order valence-corrected chi connectivity index (χ2v) is 4.06. The van der Waals surface area contributed by atoms with Gasteiger partial charge in [-0.05, 0) is 6.42 Å². The van der Waals surface area contributed by atoms with Gasteiger partial charge in [0.1, 0.15) is 17.3 Å². The first-order valence-corrected chi connectivity index (χ1v) is 5.60. The minimum Gasteiger partial charge on any atom is -0.390 e. The number of aromatic nitrogens is 1. The molecule has 1 rings (SSSR count). The largest absolute Gasteiger partial charge is 0.390 e. The first-order valence-electron chi connectivity index (χ1n) is 4.69. The highest BCUT2D eigenvalue weighted by Gasteiger charge is 2.25. The zero-order valence-corrected chi connectivity index (χ0v) is 10.1. The molecule has 0 fully saturated rings. The van der Waals surface area contributed by atoms with Gasteiger partial charge in [0, 0.05) is 17.6 Å². The molecule has 2 N–H and O–H groups in total. The zero-order valence-electron chi connectivity index (χ0n) is 8.58. The second-order valence-electron chi connectivity index (χ2n) is 3.31. The quantitative estimate of drug-likeness (QED) is 0.486. The van der Waals surface area contributed by atoms with Crippen molar-refractivity contribution in [3.63, 3.8) is 0 Å². The molecule has 0 saturated carbocycles. The third kappa shape index (κ3) is 3.26. The summed E-state index contributed by atoms with van der Waals surface area (Å²) in [6.45, 7) is 0. The van der Waals surface area contributed by atoms with Crippen LogP contribution < -0.4 is 0 Å².